The lowest BCUT2D eigenvalue weighted by atomic mass is 9.89. The molecule has 1 unspecified atom stereocenters. The Labute approximate surface area is 171 Å². The monoisotopic (exact) mass is 423 g/mol. The summed E-state index contributed by atoms with van der Waals surface area (Å²) in [6.07, 6.45) is 4.90. The number of halogens is 3. The highest BCUT2D eigenvalue weighted by Gasteiger charge is 2.46. The molecule has 7 nitrogen and oxygen atoms in total. The molecule has 10 heteroatoms. The fraction of sp³-hybridized carbons (Fsp3) is 0.550. The van der Waals surface area contributed by atoms with Gasteiger partial charge in [0.1, 0.15) is 11.9 Å². The minimum atomic E-state index is -2.91. The van der Waals surface area contributed by atoms with E-state index in [-0.39, 0.29) is 29.0 Å². The fourth-order valence-electron chi connectivity index (χ4n) is 4.11. The Morgan fingerprint density at radius 3 is 2.50 bits per heavy atom. The van der Waals surface area contributed by atoms with Crippen molar-refractivity contribution in [1.82, 2.24) is 14.8 Å². The highest BCUT2D eigenvalue weighted by molar-refractivity contribution is 5.94. The molecule has 0 aliphatic heterocycles. The van der Waals surface area contributed by atoms with E-state index in [2.05, 4.69) is 15.4 Å². The van der Waals surface area contributed by atoms with Crippen molar-refractivity contribution < 1.29 is 22.7 Å². The number of ether oxygens (including phenoxy) is 1. The predicted octanol–water partition coefficient (Wildman–Crippen LogP) is 2.98. The summed E-state index contributed by atoms with van der Waals surface area (Å²) in [6, 6.07) is -1.34. The predicted molar refractivity (Wildman–Crippen MR) is 103 cm³/mol. The number of nitrogens with one attached hydrogen (secondary N) is 1. The van der Waals surface area contributed by atoms with E-state index in [9.17, 15) is 18.0 Å². The zero-order valence-corrected chi connectivity index (χ0v) is 16.5. The van der Waals surface area contributed by atoms with E-state index in [1.54, 1.807) is 0 Å². The van der Waals surface area contributed by atoms with Crippen LogP contribution in [0.15, 0.2) is 24.7 Å². The van der Waals surface area contributed by atoms with Crippen molar-refractivity contribution in [2.75, 3.05) is 12.4 Å². The average Bonchev–Trinajstić information content (AvgIpc) is 3.64. The van der Waals surface area contributed by atoms with Crippen molar-refractivity contribution in [1.29, 1.82) is 0 Å². The molecule has 2 fully saturated rings. The van der Waals surface area contributed by atoms with Gasteiger partial charge < -0.3 is 15.8 Å². The summed E-state index contributed by atoms with van der Waals surface area (Å²) in [4.78, 5) is 16.4. The van der Waals surface area contributed by atoms with Gasteiger partial charge in [0.2, 0.25) is 11.8 Å². The third-order valence-corrected chi connectivity index (χ3v) is 5.80. The number of amides is 1. The first-order valence-corrected chi connectivity index (χ1v) is 9.97. The first kappa shape index (κ1) is 20.6. The van der Waals surface area contributed by atoms with Crippen LogP contribution in [0.25, 0.3) is 0 Å². The van der Waals surface area contributed by atoms with E-state index in [1.807, 2.05) is 0 Å². The van der Waals surface area contributed by atoms with Crippen LogP contribution in [0.4, 0.5) is 18.9 Å². The molecule has 2 heterocycles. The summed E-state index contributed by atoms with van der Waals surface area (Å²) in [6.45, 7) is 0. The maximum atomic E-state index is 13.8. The van der Waals surface area contributed by atoms with Gasteiger partial charge in [-0.2, -0.15) is 5.10 Å². The molecule has 2 aliphatic carbocycles. The van der Waals surface area contributed by atoms with Crippen LogP contribution in [0.3, 0.4) is 0 Å². The number of pyridine rings is 1. The maximum Gasteiger partial charge on any atom is 0.264 e. The Balaban J connectivity index is 1.52. The highest BCUT2D eigenvalue weighted by Crippen LogP contribution is 2.50. The molecule has 2 aromatic heterocycles. The molecule has 0 radical (unpaired) electrons. The van der Waals surface area contributed by atoms with E-state index < -0.39 is 24.3 Å². The Hall–Kier alpha value is -2.62. The highest BCUT2D eigenvalue weighted by atomic mass is 19.3. The number of hydrogen-bond acceptors (Lipinski definition) is 5. The van der Waals surface area contributed by atoms with Crippen LogP contribution < -0.4 is 15.8 Å². The topological polar surface area (TPSA) is 95.1 Å². The SMILES string of the molecule is COc1ncc(F)cc1C(C(F)F)n1cc(NC(=O)[C@@H](N)C(C2CC2)C2CC2)cn1. The summed E-state index contributed by atoms with van der Waals surface area (Å²) < 4.78 is 47.3. The quantitative estimate of drug-likeness (QED) is 0.647. The molecule has 30 heavy (non-hydrogen) atoms. The number of carbonyl (C=O) groups is 1. The van der Waals surface area contributed by atoms with E-state index >= 15 is 0 Å². The molecule has 0 bridgehead atoms. The minimum absolute atomic E-state index is 0.124. The lowest BCUT2D eigenvalue weighted by Gasteiger charge is -2.22. The van der Waals surface area contributed by atoms with Crippen molar-refractivity contribution in [3.05, 3.63) is 36.0 Å². The zero-order valence-electron chi connectivity index (χ0n) is 16.5. The van der Waals surface area contributed by atoms with E-state index in [4.69, 9.17) is 10.5 Å². The third-order valence-electron chi connectivity index (χ3n) is 5.80. The second-order valence-electron chi connectivity index (χ2n) is 8.01. The number of methoxy groups -OCH3 is 1. The number of aromatic nitrogens is 3. The molecule has 0 saturated heterocycles. The molecule has 2 aromatic rings. The molecule has 162 valence electrons. The van der Waals surface area contributed by atoms with Gasteiger partial charge >= 0.3 is 0 Å². The summed E-state index contributed by atoms with van der Waals surface area (Å²) in [5.74, 6) is -0.0847. The Morgan fingerprint density at radius 2 is 1.93 bits per heavy atom. The molecule has 0 spiro atoms. The molecule has 2 aliphatic rings. The van der Waals surface area contributed by atoms with Gasteiger partial charge in [-0.15, -0.1) is 0 Å². The smallest absolute Gasteiger partial charge is 0.264 e. The Morgan fingerprint density at radius 1 is 1.27 bits per heavy atom. The lowest BCUT2D eigenvalue weighted by molar-refractivity contribution is -0.118. The van der Waals surface area contributed by atoms with Crippen molar-refractivity contribution in [3.8, 4) is 5.88 Å². The summed E-state index contributed by atoms with van der Waals surface area (Å²) in [7, 11) is 1.26. The van der Waals surface area contributed by atoms with Gasteiger partial charge in [-0.1, -0.05) is 0 Å². The van der Waals surface area contributed by atoms with Gasteiger partial charge in [0.05, 0.1) is 31.2 Å². The van der Waals surface area contributed by atoms with Crippen LogP contribution in [0.2, 0.25) is 0 Å². The van der Waals surface area contributed by atoms with Crippen molar-refractivity contribution in [2.45, 2.75) is 44.2 Å². The van der Waals surface area contributed by atoms with Gasteiger partial charge in [-0.25, -0.2) is 18.2 Å². The molecular weight excluding hydrogens is 399 g/mol. The fourth-order valence-corrected chi connectivity index (χ4v) is 4.11. The first-order chi connectivity index (χ1) is 14.4. The number of hydrogen-bond donors (Lipinski definition) is 2. The van der Waals surface area contributed by atoms with Crippen LogP contribution in [0.1, 0.15) is 37.3 Å². The second kappa shape index (κ2) is 8.25. The summed E-state index contributed by atoms with van der Waals surface area (Å²) >= 11 is 0. The number of anilines is 1. The normalized spacial score (nSPS) is 18.5. The Kier molecular flexibility index (Phi) is 5.68. The first-order valence-electron chi connectivity index (χ1n) is 9.97. The maximum absolute atomic E-state index is 13.8. The number of nitrogens with two attached hydrogens (primary N) is 1. The number of rotatable bonds is 9. The van der Waals surface area contributed by atoms with Crippen LogP contribution in [-0.4, -0.2) is 40.2 Å². The van der Waals surface area contributed by atoms with Gasteiger partial charge in [-0.05, 0) is 49.5 Å². The van der Waals surface area contributed by atoms with E-state index in [0.29, 0.717) is 11.8 Å². The molecule has 2 atom stereocenters. The Bertz CT molecular complexity index is 902. The van der Waals surface area contributed by atoms with Crippen LogP contribution >= 0.6 is 0 Å². The van der Waals surface area contributed by atoms with Crippen molar-refractivity contribution in [3.63, 3.8) is 0 Å². The minimum Gasteiger partial charge on any atom is -0.481 e. The van der Waals surface area contributed by atoms with Crippen LogP contribution in [0.5, 0.6) is 5.88 Å². The van der Waals surface area contributed by atoms with Crippen LogP contribution in [0, 0.1) is 23.6 Å². The largest absolute Gasteiger partial charge is 0.481 e. The van der Waals surface area contributed by atoms with Gasteiger partial charge in [0, 0.05) is 11.8 Å². The molecular formula is C20H24F3N5O2. The lowest BCUT2D eigenvalue weighted by Crippen LogP contribution is -2.43. The average molecular weight is 423 g/mol. The second-order valence-corrected chi connectivity index (χ2v) is 8.01. The van der Waals surface area contributed by atoms with Crippen LogP contribution in [-0.2, 0) is 4.79 Å². The van der Waals surface area contributed by atoms with E-state index in [0.717, 1.165) is 42.6 Å². The van der Waals surface area contributed by atoms with E-state index in [1.165, 1.54) is 19.5 Å². The standard InChI is InChI=1S/C20H24F3N5O2/c1-30-20-14(6-12(21)7-25-20)17(18(22)23)28-9-13(8-26-28)27-19(29)16(24)15(10-2-3-10)11-4-5-11/h6-11,15-18H,2-5,24H2,1H3,(H,27,29)/t16-,17?/m0/s1. The molecule has 0 aromatic carbocycles. The molecule has 4 rings (SSSR count). The van der Waals surface area contributed by atoms with Gasteiger partial charge in [0.25, 0.3) is 6.43 Å². The molecule has 3 N–H and O–H groups in total. The van der Waals surface area contributed by atoms with Crippen molar-refractivity contribution in [2.24, 2.45) is 23.5 Å². The summed E-state index contributed by atoms with van der Waals surface area (Å²) in [5.41, 5.74) is 6.33. The number of alkyl halides is 2. The number of carbonyl (C=O) groups excluding carboxylic acids is 1. The van der Waals surface area contributed by atoms with Crippen molar-refractivity contribution >= 4 is 11.6 Å². The zero-order chi connectivity index (χ0) is 21.4. The number of nitrogens with zero attached hydrogens (tertiary/aromatic N) is 3. The third kappa shape index (κ3) is 4.28. The van der Waals surface area contributed by atoms with Gasteiger partial charge in [0.15, 0.2) is 0 Å². The molecule has 1 amide bonds. The summed E-state index contributed by atoms with van der Waals surface area (Å²) in [5, 5.41) is 6.63. The molecule has 2 saturated carbocycles. The van der Waals surface area contributed by atoms with Gasteiger partial charge in [-0.3, -0.25) is 9.48 Å².